The lowest BCUT2D eigenvalue weighted by Crippen LogP contribution is -2.28. The van der Waals surface area contributed by atoms with Crippen molar-refractivity contribution >= 4 is 15.7 Å². The van der Waals surface area contributed by atoms with Crippen LogP contribution >= 0.6 is 0 Å². The summed E-state index contributed by atoms with van der Waals surface area (Å²) in [7, 11) is 3.12. The van der Waals surface area contributed by atoms with E-state index < -0.39 is 15.8 Å². The molecule has 33 heavy (non-hydrogen) atoms. The number of benzene rings is 2. The summed E-state index contributed by atoms with van der Waals surface area (Å²) in [5.41, 5.74) is 1.87. The minimum atomic E-state index is -3.79. The molecule has 6 nitrogen and oxygen atoms in total. The average Bonchev–Trinajstić information content (AvgIpc) is 2.74. The SMILES string of the molecule is CCCCN(CCCC)c1cc(Oc2cccc(F)c2)c(S(=O)(=O)N(C)C)cc1CN(C)C. The number of anilines is 1. The van der Waals surface area contributed by atoms with Gasteiger partial charge >= 0.3 is 0 Å². The summed E-state index contributed by atoms with van der Waals surface area (Å²) in [6, 6.07) is 9.27. The first-order chi connectivity index (χ1) is 15.6. The summed E-state index contributed by atoms with van der Waals surface area (Å²) in [6.07, 6.45) is 4.18. The van der Waals surface area contributed by atoms with E-state index in [1.54, 1.807) is 18.2 Å². The van der Waals surface area contributed by atoms with E-state index in [4.69, 9.17) is 4.74 Å². The largest absolute Gasteiger partial charge is 0.456 e. The van der Waals surface area contributed by atoms with E-state index in [9.17, 15) is 12.8 Å². The number of unbranched alkanes of at least 4 members (excludes halogenated alkanes) is 2. The highest BCUT2D eigenvalue weighted by Crippen LogP contribution is 2.37. The van der Waals surface area contributed by atoms with Crippen LogP contribution in [0.3, 0.4) is 0 Å². The summed E-state index contributed by atoms with van der Waals surface area (Å²) in [4.78, 5) is 4.41. The van der Waals surface area contributed by atoms with Crippen LogP contribution in [0.2, 0.25) is 0 Å². The Bertz CT molecular complexity index is 1000. The van der Waals surface area contributed by atoms with Gasteiger partial charge in [0.1, 0.15) is 22.2 Å². The molecule has 0 unspecified atom stereocenters. The van der Waals surface area contributed by atoms with Crippen LogP contribution in [-0.4, -0.2) is 58.9 Å². The zero-order valence-electron chi connectivity index (χ0n) is 20.8. The second-order valence-corrected chi connectivity index (χ2v) is 10.8. The normalized spacial score (nSPS) is 11.9. The third kappa shape index (κ3) is 7.42. The lowest BCUT2D eigenvalue weighted by atomic mass is 10.1. The van der Waals surface area contributed by atoms with Gasteiger partial charge in [0.25, 0.3) is 0 Å². The van der Waals surface area contributed by atoms with Crippen molar-refractivity contribution in [2.45, 2.75) is 51.0 Å². The number of rotatable bonds is 13. The quantitative estimate of drug-likeness (QED) is 0.388. The van der Waals surface area contributed by atoms with Gasteiger partial charge in [-0.3, -0.25) is 0 Å². The molecule has 0 atom stereocenters. The summed E-state index contributed by atoms with van der Waals surface area (Å²) < 4.78 is 47.4. The molecule has 0 spiro atoms. The van der Waals surface area contributed by atoms with Gasteiger partial charge in [-0.15, -0.1) is 0 Å². The van der Waals surface area contributed by atoms with E-state index in [0.717, 1.165) is 50.0 Å². The molecule has 0 saturated carbocycles. The molecule has 0 radical (unpaired) electrons. The molecule has 8 heteroatoms. The topological polar surface area (TPSA) is 53.1 Å². The number of sulfonamides is 1. The zero-order valence-corrected chi connectivity index (χ0v) is 21.6. The third-order valence-electron chi connectivity index (χ3n) is 5.32. The first-order valence-corrected chi connectivity index (χ1v) is 13.0. The Morgan fingerprint density at radius 1 is 0.939 bits per heavy atom. The van der Waals surface area contributed by atoms with Crippen LogP contribution in [0, 0.1) is 5.82 Å². The minimum absolute atomic E-state index is 0.0725. The molecular formula is C25H38FN3O3S. The Hall–Kier alpha value is -2.16. The van der Waals surface area contributed by atoms with E-state index in [1.165, 1.54) is 30.5 Å². The van der Waals surface area contributed by atoms with Crippen LogP contribution < -0.4 is 9.64 Å². The highest BCUT2D eigenvalue weighted by atomic mass is 32.2. The van der Waals surface area contributed by atoms with E-state index in [2.05, 4.69) is 18.7 Å². The van der Waals surface area contributed by atoms with Crippen molar-refractivity contribution in [2.24, 2.45) is 0 Å². The predicted octanol–water partition coefficient (Wildman–Crippen LogP) is 5.34. The van der Waals surface area contributed by atoms with E-state index in [-0.39, 0.29) is 16.4 Å². The lowest BCUT2D eigenvalue weighted by Gasteiger charge is -2.29. The number of ether oxygens (including phenoxy) is 1. The Labute approximate surface area is 199 Å². The Morgan fingerprint density at radius 3 is 2.09 bits per heavy atom. The fourth-order valence-corrected chi connectivity index (χ4v) is 4.58. The molecular weight excluding hydrogens is 441 g/mol. The first kappa shape index (κ1) is 27.1. The van der Waals surface area contributed by atoms with Crippen molar-refractivity contribution < 1.29 is 17.5 Å². The van der Waals surface area contributed by atoms with Crippen molar-refractivity contribution in [3.63, 3.8) is 0 Å². The molecule has 0 heterocycles. The third-order valence-corrected chi connectivity index (χ3v) is 7.15. The van der Waals surface area contributed by atoms with Gasteiger partial charge in [-0.2, -0.15) is 0 Å². The monoisotopic (exact) mass is 479 g/mol. The van der Waals surface area contributed by atoms with Gasteiger partial charge < -0.3 is 14.5 Å². The maximum Gasteiger partial charge on any atom is 0.246 e. The molecule has 0 aromatic heterocycles. The molecule has 2 rings (SSSR count). The van der Waals surface area contributed by atoms with Crippen LogP contribution in [0.5, 0.6) is 11.5 Å². The van der Waals surface area contributed by atoms with E-state index >= 15 is 0 Å². The second kappa shape index (κ2) is 12.3. The van der Waals surface area contributed by atoms with E-state index in [0.29, 0.717) is 6.54 Å². The van der Waals surface area contributed by atoms with Gasteiger partial charge in [0.15, 0.2) is 0 Å². The van der Waals surface area contributed by atoms with Gasteiger partial charge in [0.2, 0.25) is 10.0 Å². The number of nitrogens with zero attached hydrogens (tertiary/aromatic N) is 3. The fraction of sp³-hybridized carbons (Fsp3) is 0.520. The lowest BCUT2D eigenvalue weighted by molar-refractivity contribution is 0.400. The van der Waals surface area contributed by atoms with Crippen molar-refractivity contribution in [3.8, 4) is 11.5 Å². The highest BCUT2D eigenvalue weighted by Gasteiger charge is 2.26. The van der Waals surface area contributed by atoms with Crippen molar-refractivity contribution in [1.29, 1.82) is 0 Å². The van der Waals surface area contributed by atoms with Crippen molar-refractivity contribution in [3.05, 3.63) is 47.8 Å². The Balaban J connectivity index is 2.72. The van der Waals surface area contributed by atoms with Gasteiger partial charge in [0, 0.05) is 51.5 Å². The van der Waals surface area contributed by atoms with E-state index in [1.807, 2.05) is 25.1 Å². The van der Waals surface area contributed by atoms with Crippen LogP contribution in [0.25, 0.3) is 0 Å². The second-order valence-electron chi connectivity index (χ2n) is 8.71. The zero-order chi connectivity index (χ0) is 24.6. The van der Waals surface area contributed by atoms with Crippen molar-refractivity contribution in [2.75, 3.05) is 46.2 Å². The number of hydrogen-bond donors (Lipinski definition) is 0. The molecule has 0 aliphatic rings. The Kier molecular flexibility index (Phi) is 10.1. The molecule has 0 saturated heterocycles. The van der Waals surface area contributed by atoms with Gasteiger partial charge in [0.05, 0.1) is 0 Å². The predicted molar refractivity (Wildman–Crippen MR) is 133 cm³/mol. The fourth-order valence-electron chi connectivity index (χ4n) is 3.54. The molecule has 184 valence electrons. The van der Waals surface area contributed by atoms with Gasteiger partial charge in [-0.1, -0.05) is 32.8 Å². The minimum Gasteiger partial charge on any atom is -0.456 e. The molecule has 0 aliphatic heterocycles. The Morgan fingerprint density at radius 2 is 1.58 bits per heavy atom. The smallest absolute Gasteiger partial charge is 0.246 e. The van der Waals surface area contributed by atoms with Crippen molar-refractivity contribution in [1.82, 2.24) is 9.21 Å². The molecule has 0 fully saturated rings. The molecule has 2 aromatic carbocycles. The maximum atomic E-state index is 13.8. The molecule has 0 aliphatic carbocycles. The summed E-state index contributed by atoms with van der Waals surface area (Å²) >= 11 is 0. The number of hydrogen-bond acceptors (Lipinski definition) is 5. The van der Waals surface area contributed by atoms with Crippen LogP contribution in [-0.2, 0) is 16.6 Å². The average molecular weight is 480 g/mol. The molecule has 2 aromatic rings. The van der Waals surface area contributed by atoms with Crippen LogP contribution in [0.4, 0.5) is 10.1 Å². The number of halogens is 1. The summed E-state index contributed by atoms with van der Waals surface area (Å²) in [5.74, 6) is 0.0106. The maximum absolute atomic E-state index is 13.8. The highest BCUT2D eigenvalue weighted by molar-refractivity contribution is 7.89. The summed E-state index contributed by atoms with van der Waals surface area (Å²) in [6.45, 7) is 6.64. The van der Waals surface area contributed by atoms with Crippen LogP contribution in [0.1, 0.15) is 45.1 Å². The van der Waals surface area contributed by atoms with Crippen LogP contribution in [0.15, 0.2) is 41.3 Å². The standard InChI is InChI=1S/C25H38FN3O3S/c1-7-9-14-29(15-10-8-2)23-18-24(32-22-13-11-12-21(26)17-22)25(33(30,31)28(5)6)16-20(23)19-27(3)4/h11-13,16-18H,7-10,14-15,19H2,1-6H3. The van der Waals surface area contributed by atoms with Gasteiger partial charge in [-0.05, 0) is 50.7 Å². The summed E-state index contributed by atoms with van der Waals surface area (Å²) in [5, 5.41) is 0. The molecule has 0 N–H and O–H groups in total. The molecule has 0 bridgehead atoms. The first-order valence-electron chi connectivity index (χ1n) is 11.5. The molecule has 0 amide bonds. The van der Waals surface area contributed by atoms with Gasteiger partial charge in [-0.25, -0.2) is 17.1 Å².